The first-order valence-corrected chi connectivity index (χ1v) is 14.0. The number of pyridine rings is 2. The van der Waals surface area contributed by atoms with Gasteiger partial charge in [-0.15, -0.1) is 0 Å². The fourth-order valence-electron chi connectivity index (χ4n) is 4.91. The van der Waals surface area contributed by atoms with Crippen LogP contribution in [0.1, 0.15) is 22.3 Å². The Labute approximate surface area is 253 Å². The van der Waals surface area contributed by atoms with Crippen molar-refractivity contribution >= 4 is 6.16 Å². The zero-order valence-electron chi connectivity index (χ0n) is 23.5. The van der Waals surface area contributed by atoms with E-state index in [-0.39, 0.29) is 23.4 Å². The quantitative estimate of drug-likeness (QED) is 0.167. The standard InChI is InChI=1S/C37H26F2N2O3/c38-33-11-3-1-9-31(33)27-17-13-25(14-18-27)23-29-7-5-21-40-35(29)43-37(42)44-36-30(8-6-22-41-36)24-26-15-19-28(20-16-26)32-10-2-4-12-34(32)39/h1-22H,23-24H2. The van der Waals surface area contributed by atoms with Crippen LogP contribution in [-0.4, -0.2) is 16.1 Å². The number of carbonyl (C=O) groups is 1. The van der Waals surface area contributed by atoms with E-state index in [0.29, 0.717) is 35.1 Å². The molecule has 0 fully saturated rings. The molecule has 0 aliphatic rings. The average Bonchev–Trinajstić information content (AvgIpc) is 3.04. The summed E-state index contributed by atoms with van der Waals surface area (Å²) in [5.74, 6) is -0.320. The Bertz CT molecular complexity index is 1770. The van der Waals surface area contributed by atoms with Gasteiger partial charge in [-0.2, -0.15) is 0 Å². The van der Waals surface area contributed by atoms with Gasteiger partial charge in [-0.05, 0) is 46.5 Å². The Hall–Kier alpha value is -5.69. The number of aromatic nitrogens is 2. The molecule has 0 saturated carbocycles. The molecule has 6 rings (SSSR count). The Morgan fingerprint density at radius 1 is 0.523 bits per heavy atom. The molecule has 0 radical (unpaired) electrons. The fourth-order valence-corrected chi connectivity index (χ4v) is 4.91. The number of benzene rings is 4. The van der Waals surface area contributed by atoms with Gasteiger partial charge in [0.25, 0.3) is 0 Å². The van der Waals surface area contributed by atoms with Crippen molar-refractivity contribution in [1.82, 2.24) is 9.97 Å². The lowest BCUT2D eigenvalue weighted by atomic mass is 10.0. The van der Waals surface area contributed by atoms with Crippen LogP contribution < -0.4 is 9.47 Å². The van der Waals surface area contributed by atoms with Crippen molar-refractivity contribution in [1.29, 1.82) is 0 Å². The van der Waals surface area contributed by atoms with Crippen LogP contribution in [0.2, 0.25) is 0 Å². The molecule has 0 saturated heterocycles. The number of rotatable bonds is 8. The molecule has 0 aliphatic heterocycles. The molecule has 0 bridgehead atoms. The van der Waals surface area contributed by atoms with Crippen molar-refractivity contribution in [3.8, 4) is 34.0 Å². The average molecular weight is 585 g/mol. The number of carbonyl (C=O) groups excluding carboxylic acids is 1. The van der Waals surface area contributed by atoms with Gasteiger partial charge < -0.3 is 9.47 Å². The van der Waals surface area contributed by atoms with Gasteiger partial charge in [0.15, 0.2) is 0 Å². The number of hydrogen-bond acceptors (Lipinski definition) is 5. The Balaban J connectivity index is 1.12. The van der Waals surface area contributed by atoms with Crippen LogP contribution in [0, 0.1) is 11.6 Å². The van der Waals surface area contributed by atoms with Crippen LogP contribution in [-0.2, 0) is 12.8 Å². The predicted octanol–water partition coefficient (Wildman–Crippen LogP) is 8.85. The maximum absolute atomic E-state index is 14.2. The van der Waals surface area contributed by atoms with E-state index >= 15 is 0 Å². The largest absolute Gasteiger partial charge is 0.522 e. The summed E-state index contributed by atoms with van der Waals surface area (Å²) in [6.45, 7) is 0. The topological polar surface area (TPSA) is 61.3 Å². The first-order valence-electron chi connectivity index (χ1n) is 14.0. The summed E-state index contributed by atoms with van der Waals surface area (Å²) in [6.07, 6.45) is 2.97. The van der Waals surface area contributed by atoms with E-state index in [2.05, 4.69) is 9.97 Å². The van der Waals surface area contributed by atoms with Crippen molar-refractivity contribution in [3.05, 3.63) is 168 Å². The molecule has 0 N–H and O–H groups in total. The molecule has 216 valence electrons. The molecule has 7 heteroatoms. The fraction of sp³-hybridized carbons (Fsp3) is 0.0541. The van der Waals surface area contributed by atoms with Crippen LogP contribution in [0.3, 0.4) is 0 Å². The number of hydrogen-bond donors (Lipinski definition) is 0. The molecular weight excluding hydrogens is 558 g/mol. The van der Waals surface area contributed by atoms with Crippen LogP contribution >= 0.6 is 0 Å². The van der Waals surface area contributed by atoms with Crippen LogP contribution in [0.5, 0.6) is 11.8 Å². The Morgan fingerprint density at radius 3 is 1.34 bits per heavy atom. The first-order chi connectivity index (χ1) is 21.5. The minimum absolute atomic E-state index is 0.122. The van der Waals surface area contributed by atoms with E-state index in [9.17, 15) is 13.6 Å². The van der Waals surface area contributed by atoms with Crippen LogP contribution in [0.25, 0.3) is 22.3 Å². The van der Waals surface area contributed by atoms with Gasteiger partial charge in [0.2, 0.25) is 11.8 Å². The van der Waals surface area contributed by atoms with E-state index in [1.807, 2.05) is 60.7 Å². The minimum atomic E-state index is -0.963. The van der Waals surface area contributed by atoms with Crippen molar-refractivity contribution < 1.29 is 23.0 Å². The smallest absolute Gasteiger partial charge is 0.375 e. The summed E-state index contributed by atoms with van der Waals surface area (Å²) in [4.78, 5) is 21.3. The maximum Gasteiger partial charge on any atom is 0.522 e. The summed E-state index contributed by atoms with van der Waals surface area (Å²) in [7, 11) is 0. The van der Waals surface area contributed by atoms with Gasteiger partial charge in [0.1, 0.15) is 11.6 Å². The summed E-state index contributed by atoms with van der Waals surface area (Å²) >= 11 is 0. The van der Waals surface area contributed by atoms with Crippen molar-refractivity contribution in [2.45, 2.75) is 12.8 Å². The summed E-state index contributed by atoms with van der Waals surface area (Å²) in [6, 6.07) is 35.4. The van der Waals surface area contributed by atoms with E-state index in [0.717, 1.165) is 22.3 Å². The molecule has 2 heterocycles. The highest BCUT2D eigenvalue weighted by atomic mass is 19.1. The summed E-state index contributed by atoms with van der Waals surface area (Å²) in [5, 5.41) is 0. The minimum Gasteiger partial charge on any atom is -0.375 e. The third-order valence-electron chi connectivity index (χ3n) is 7.13. The first kappa shape index (κ1) is 28.4. The maximum atomic E-state index is 14.2. The number of halogens is 2. The zero-order valence-corrected chi connectivity index (χ0v) is 23.5. The monoisotopic (exact) mass is 584 g/mol. The molecule has 6 aromatic rings. The van der Waals surface area contributed by atoms with Crippen LogP contribution in [0.4, 0.5) is 13.6 Å². The number of nitrogens with zero attached hydrogens (tertiary/aromatic N) is 2. The molecule has 0 aliphatic carbocycles. The second kappa shape index (κ2) is 13.1. The second-order valence-corrected chi connectivity index (χ2v) is 10.1. The zero-order chi connectivity index (χ0) is 30.3. The molecule has 4 aromatic carbocycles. The van der Waals surface area contributed by atoms with E-state index in [1.165, 1.54) is 24.5 Å². The number of ether oxygens (including phenoxy) is 2. The molecule has 0 amide bonds. The van der Waals surface area contributed by atoms with E-state index in [1.54, 1.807) is 48.5 Å². The van der Waals surface area contributed by atoms with Crippen molar-refractivity contribution in [3.63, 3.8) is 0 Å². The van der Waals surface area contributed by atoms with Gasteiger partial charge in [-0.3, -0.25) is 0 Å². The van der Waals surface area contributed by atoms with Gasteiger partial charge in [-0.1, -0.05) is 97.1 Å². The highest BCUT2D eigenvalue weighted by Gasteiger charge is 2.17. The van der Waals surface area contributed by atoms with Gasteiger partial charge >= 0.3 is 6.16 Å². The van der Waals surface area contributed by atoms with Gasteiger partial charge in [0, 0.05) is 47.5 Å². The van der Waals surface area contributed by atoms with Gasteiger partial charge in [-0.25, -0.2) is 23.5 Å². The summed E-state index contributed by atoms with van der Waals surface area (Å²) < 4.78 is 39.4. The Morgan fingerprint density at radius 2 is 0.932 bits per heavy atom. The molecule has 44 heavy (non-hydrogen) atoms. The molecule has 0 unspecified atom stereocenters. The summed E-state index contributed by atoms with van der Waals surface area (Å²) in [5.41, 5.74) is 5.82. The molecule has 5 nitrogen and oxygen atoms in total. The van der Waals surface area contributed by atoms with Gasteiger partial charge in [0.05, 0.1) is 0 Å². The lowest BCUT2D eigenvalue weighted by molar-refractivity contribution is 0.147. The lowest BCUT2D eigenvalue weighted by Gasteiger charge is -2.11. The predicted molar refractivity (Wildman–Crippen MR) is 164 cm³/mol. The molecule has 2 aromatic heterocycles. The normalized spacial score (nSPS) is 10.8. The van der Waals surface area contributed by atoms with E-state index in [4.69, 9.17) is 9.47 Å². The molecular formula is C37H26F2N2O3. The third-order valence-corrected chi connectivity index (χ3v) is 7.13. The Kier molecular flexibility index (Phi) is 8.46. The highest BCUT2D eigenvalue weighted by molar-refractivity contribution is 5.68. The highest BCUT2D eigenvalue weighted by Crippen LogP contribution is 2.27. The van der Waals surface area contributed by atoms with Crippen molar-refractivity contribution in [2.75, 3.05) is 0 Å². The second-order valence-electron chi connectivity index (χ2n) is 10.1. The van der Waals surface area contributed by atoms with Crippen LogP contribution in [0.15, 0.2) is 134 Å². The lowest BCUT2D eigenvalue weighted by Crippen LogP contribution is -2.17. The van der Waals surface area contributed by atoms with E-state index < -0.39 is 6.16 Å². The van der Waals surface area contributed by atoms with Crippen molar-refractivity contribution in [2.24, 2.45) is 0 Å². The molecule has 0 spiro atoms. The third kappa shape index (κ3) is 6.68. The SMILES string of the molecule is O=C(Oc1ncccc1Cc1ccc(-c2ccccc2F)cc1)Oc1ncccc1Cc1ccc(-c2ccccc2F)cc1. The molecule has 0 atom stereocenters.